The van der Waals surface area contributed by atoms with Crippen molar-refractivity contribution in [3.63, 3.8) is 0 Å². The van der Waals surface area contributed by atoms with Gasteiger partial charge in [0.25, 0.3) is 0 Å². The van der Waals surface area contributed by atoms with E-state index in [4.69, 9.17) is 21.1 Å². The van der Waals surface area contributed by atoms with Gasteiger partial charge in [-0.2, -0.15) is 0 Å². The maximum Gasteiger partial charge on any atom is 0.481 e. The summed E-state index contributed by atoms with van der Waals surface area (Å²) in [6.45, 7) is 11.3. The number of rotatable bonds is 6. The first-order valence-corrected chi connectivity index (χ1v) is 9.52. The van der Waals surface area contributed by atoms with Crippen LogP contribution in [0.25, 0.3) is 0 Å². The fourth-order valence-corrected chi connectivity index (χ4v) is 5.26. The minimum atomic E-state index is -0.378. The summed E-state index contributed by atoms with van der Waals surface area (Å²) in [6.07, 6.45) is 3.24. The number of hydrogen-bond acceptors (Lipinski definition) is 4. The van der Waals surface area contributed by atoms with Crippen LogP contribution in [0.5, 0.6) is 0 Å². The van der Waals surface area contributed by atoms with E-state index in [0.717, 1.165) is 18.8 Å². The van der Waals surface area contributed by atoms with Gasteiger partial charge in [0.2, 0.25) is 5.91 Å². The van der Waals surface area contributed by atoms with E-state index in [1.807, 2.05) is 0 Å². The summed E-state index contributed by atoms with van der Waals surface area (Å²) in [7, 11) is -0.378. The molecule has 0 spiro atoms. The van der Waals surface area contributed by atoms with Crippen molar-refractivity contribution < 1.29 is 14.1 Å². The fourth-order valence-electron chi connectivity index (χ4n) is 5.14. The van der Waals surface area contributed by atoms with E-state index in [9.17, 15) is 4.79 Å². The molecule has 1 saturated heterocycles. The van der Waals surface area contributed by atoms with Crippen molar-refractivity contribution in [3.05, 3.63) is 0 Å². The molecule has 3 aliphatic carbocycles. The van der Waals surface area contributed by atoms with Gasteiger partial charge >= 0.3 is 7.12 Å². The highest BCUT2D eigenvalue weighted by atomic mass is 35.5. The van der Waals surface area contributed by atoms with Gasteiger partial charge in [-0.25, -0.2) is 4.84 Å². The van der Waals surface area contributed by atoms with E-state index in [-0.39, 0.29) is 37.2 Å². The Morgan fingerprint density at radius 2 is 2.04 bits per heavy atom. The zero-order chi connectivity index (χ0) is 17.7. The van der Waals surface area contributed by atoms with Gasteiger partial charge in [0.1, 0.15) is 0 Å². The normalized spacial score (nSPS) is 37.8. The van der Waals surface area contributed by atoms with Crippen molar-refractivity contribution in [1.82, 2.24) is 10.2 Å². The number of nitrogens with one attached hydrogen (secondary N) is 2. The van der Waals surface area contributed by atoms with Crippen LogP contribution in [-0.4, -0.2) is 37.2 Å². The van der Waals surface area contributed by atoms with Crippen molar-refractivity contribution in [3.8, 4) is 0 Å². The molecule has 7 heteroatoms. The molecule has 4 aliphatic rings. The first kappa shape index (κ1) is 18.5. The molecule has 1 heterocycles. The highest BCUT2D eigenvalue weighted by Crippen LogP contribution is 2.65. The second-order valence-electron chi connectivity index (χ2n) is 8.95. The van der Waals surface area contributed by atoms with Crippen LogP contribution in [0.3, 0.4) is 0 Å². The Balaban J connectivity index is 1.73. The molecule has 0 aromatic rings. The smallest absolute Gasteiger partial charge is 0.404 e. The second kappa shape index (κ2) is 6.46. The van der Waals surface area contributed by atoms with Crippen LogP contribution in [0.2, 0.25) is 0 Å². The maximum absolute atomic E-state index is 12.0. The van der Waals surface area contributed by atoms with E-state index in [1.165, 1.54) is 6.42 Å². The Morgan fingerprint density at radius 1 is 1.33 bits per heavy atom. The molecule has 5 nitrogen and oxygen atoms in total. The first-order chi connectivity index (χ1) is 11.2. The average Bonchev–Trinajstić information content (AvgIpc) is 2.83. The lowest BCUT2D eigenvalue weighted by atomic mass is 9.43. The molecule has 2 bridgehead atoms. The molecule has 4 fully saturated rings. The SMILES string of the molecule is CC(C)C[C@H](NC(=O)CNCl)B1O[C@@H]2C[C@@H]3C[C@@H](C3(C)C)[C@]2(C)O1. The van der Waals surface area contributed by atoms with Gasteiger partial charge in [0.05, 0.1) is 24.2 Å². The summed E-state index contributed by atoms with van der Waals surface area (Å²) in [4.78, 5) is 14.4. The van der Waals surface area contributed by atoms with Crippen LogP contribution in [-0.2, 0) is 14.1 Å². The minimum absolute atomic E-state index is 0.0846. The second-order valence-corrected chi connectivity index (χ2v) is 9.22. The van der Waals surface area contributed by atoms with Gasteiger partial charge in [-0.15, -0.1) is 0 Å². The Kier molecular flexibility index (Phi) is 4.97. The summed E-state index contributed by atoms with van der Waals surface area (Å²) in [5.74, 6) is 1.41. The summed E-state index contributed by atoms with van der Waals surface area (Å²) >= 11 is 5.45. The summed E-state index contributed by atoms with van der Waals surface area (Å²) in [6, 6.07) is 0. The molecule has 1 amide bonds. The molecule has 4 rings (SSSR count). The molecule has 2 N–H and O–H groups in total. The van der Waals surface area contributed by atoms with Gasteiger partial charge in [-0.1, -0.05) is 27.7 Å². The highest BCUT2D eigenvalue weighted by molar-refractivity contribution is 6.47. The standard InChI is InChI=1S/C17H30BClN2O3/c1-10(2)6-14(21-15(22)9-20-19)18-23-13-8-11-7-12(16(11,3)4)17(13,5)24-18/h10-14,20H,6-9H2,1-5H3,(H,21,22)/t11-,12-,13+,14-,17-/m0/s1. The van der Waals surface area contributed by atoms with E-state index < -0.39 is 0 Å². The lowest BCUT2D eigenvalue weighted by Gasteiger charge is -2.64. The third-order valence-corrected chi connectivity index (χ3v) is 6.73. The Morgan fingerprint density at radius 3 is 2.62 bits per heavy atom. The third-order valence-electron chi connectivity index (χ3n) is 6.60. The summed E-state index contributed by atoms with van der Waals surface area (Å²) < 4.78 is 12.8. The number of carbonyl (C=O) groups excluding carboxylic acids is 1. The molecule has 0 aromatic carbocycles. The molecule has 136 valence electrons. The van der Waals surface area contributed by atoms with Crippen molar-refractivity contribution in [2.24, 2.45) is 23.2 Å². The average molecular weight is 357 g/mol. The molecular weight excluding hydrogens is 326 g/mol. The van der Waals surface area contributed by atoms with Gasteiger partial charge in [-0.05, 0) is 61.1 Å². The predicted molar refractivity (Wildman–Crippen MR) is 95.4 cm³/mol. The molecule has 0 unspecified atom stereocenters. The Labute approximate surface area is 150 Å². The molecule has 1 aliphatic heterocycles. The Bertz CT molecular complexity index is 504. The first-order valence-electron chi connectivity index (χ1n) is 9.14. The van der Waals surface area contributed by atoms with E-state index >= 15 is 0 Å². The third kappa shape index (κ3) is 3.00. The number of carbonyl (C=O) groups is 1. The van der Waals surface area contributed by atoms with E-state index in [2.05, 4.69) is 44.8 Å². The van der Waals surface area contributed by atoms with Crippen molar-refractivity contribution in [2.45, 2.75) is 71.5 Å². The zero-order valence-corrected chi connectivity index (χ0v) is 16.2. The zero-order valence-electron chi connectivity index (χ0n) is 15.4. The van der Waals surface area contributed by atoms with E-state index in [0.29, 0.717) is 17.3 Å². The fraction of sp³-hybridized carbons (Fsp3) is 0.941. The Hall–Kier alpha value is -0.295. The molecule has 0 radical (unpaired) electrons. The van der Waals surface area contributed by atoms with Crippen LogP contribution in [0, 0.1) is 23.2 Å². The topological polar surface area (TPSA) is 59.6 Å². The highest BCUT2D eigenvalue weighted by Gasteiger charge is 2.68. The van der Waals surface area contributed by atoms with E-state index in [1.54, 1.807) is 0 Å². The number of halogens is 1. The lowest BCUT2D eigenvalue weighted by Crippen LogP contribution is -2.65. The molecule has 3 saturated carbocycles. The molecule has 5 atom stereocenters. The number of amides is 1. The van der Waals surface area contributed by atoms with Gasteiger partial charge in [0.15, 0.2) is 0 Å². The summed E-state index contributed by atoms with van der Waals surface area (Å²) in [5.41, 5.74) is 0.0798. The van der Waals surface area contributed by atoms with Crippen LogP contribution < -0.4 is 10.2 Å². The van der Waals surface area contributed by atoms with Crippen molar-refractivity contribution in [2.75, 3.05) is 6.54 Å². The van der Waals surface area contributed by atoms with Crippen LogP contribution in [0.15, 0.2) is 0 Å². The molecular formula is C17H30BClN2O3. The van der Waals surface area contributed by atoms with Gasteiger partial charge in [-0.3, -0.25) is 4.79 Å². The lowest BCUT2D eigenvalue weighted by molar-refractivity contribution is -0.199. The van der Waals surface area contributed by atoms with Crippen LogP contribution >= 0.6 is 11.8 Å². The maximum atomic E-state index is 12.0. The quantitative estimate of drug-likeness (QED) is 0.567. The monoisotopic (exact) mass is 356 g/mol. The van der Waals surface area contributed by atoms with Crippen LogP contribution in [0.1, 0.15) is 53.9 Å². The number of hydrogen-bond donors (Lipinski definition) is 2. The van der Waals surface area contributed by atoms with Gasteiger partial charge < -0.3 is 14.6 Å². The summed E-state index contributed by atoms with van der Waals surface area (Å²) in [5, 5.41) is 3.03. The molecule has 0 aromatic heterocycles. The van der Waals surface area contributed by atoms with Gasteiger partial charge in [0, 0.05) is 0 Å². The van der Waals surface area contributed by atoms with Crippen molar-refractivity contribution in [1.29, 1.82) is 0 Å². The largest absolute Gasteiger partial charge is 0.481 e. The molecule has 24 heavy (non-hydrogen) atoms. The predicted octanol–water partition coefficient (Wildman–Crippen LogP) is 2.53. The minimum Gasteiger partial charge on any atom is -0.404 e. The van der Waals surface area contributed by atoms with Crippen LogP contribution in [0.4, 0.5) is 0 Å². The van der Waals surface area contributed by atoms with Crippen molar-refractivity contribution >= 4 is 24.8 Å².